The predicted octanol–water partition coefficient (Wildman–Crippen LogP) is 11.6. The number of rotatable bonds is 13. The van der Waals surface area contributed by atoms with Crippen molar-refractivity contribution in [2.45, 2.75) is 122 Å². The summed E-state index contributed by atoms with van der Waals surface area (Å²) < 4.78 is 21.8. The highest BCUT2D eigenvalue weighted by Gasteiger charge is 2.23. The van der Waals surface area contributed by atoms with Gasteiger partial charge in [-0.05, 0) is 85.2 Å². The van der Waals surface area contributed by atoms with Crippen LogP contribution in [0.3, 0.4) is 0 Å². The van der Waals surface area contributed by atoms with E-state index in [1.807, 2.05) is 12.1 Å². The van der Waals surface area contributed by atoms with Crippen molar-refractivity contribution in [2.24, 2.45) is 5.92 Å². The maximum atomic E-state index is 15.4. The number of unbranched alkanes of at least 4 members (excludes halogenated alkanes) is 8. The maximum Gasteiger partial charge on any atom is 0.198 e. The molecule has 1 nitrogen and oxygen atoms in total. The van der Waals surface area contributed by atoms with E-state index in [1.165, 1.54) is 89.0 Å². The molecule has 0 atom stereocenters. The second kappa shape index (κ2) is 13.7. The van der Waals surface area contributed by atoms with Gasteiger partial charge in [0.1, 0.15) is 0 Å². The van der Waals surface area contributed by atoms with Crippen LogP contribution in [-0.2, 0) is 6.42 Å². The first-order chi connectivity index (χ1) is 17.6. The Morgan fingerprint density at radius 1 is 0.778 bits per heavy atom. The zero-order chi connectivity index (χ0) is 25.3. The van der Waals surface area contributed by atoms with E-state index in [9.17, 15) is 0 Å². The molecule has 0 N–H and O–H groups in total. The average molecular weight is 509 g/mol. The summed E-state index contributed by atoms with van der Waals surface area (Å²) in [6.07, 6.45) is 20.0. The highest BCUT2D eigenvalue weighted by Crippen LogP contribution is 2.39. The Morgan fingerprint density at radius 2 is 1.44 bits per heavy atom. The molecule has 4 rings (SSSR count). The topological polar surface area (TPSA) is 13.1 Å². The number of hydrogen-bond acceptors (Lipinski definition) is 2. The molecule has 1 heterocycles. The van der Waals surface area contributed by atoms with Crippen molar-refractivity contribution in [3.63, 3.8) is 0 Å². The number of aryl methyl sites for hydroxylation is 1. The zero-order valence-corrected chi connectivity index (χ0v) is 23.4. The fraction of sp³-hybridized carbons (Fsp3) is 0.606. The summed E-state index contributed by atoms with van der Waals surface area (Å²) in [5.41, 5.74) is 2.44. The molecule has 3 heteroatoms. The minimum absolute atomic E-state index is 0.224. The molecule has 1 aromatic heterocycles. The quantitative estimate of drug-likeness (QED) is 0.129. The number of hydrogen-bond donors (Lipinski definition) is 0. The largest absolute Gasteiger partial charge is 0.441 e. The smallest absolute Gasteiger partial charge is 0.198 e. The molecule has 196 valence electrons. The van der Waals surface area contributed by atoms with Crippen LogP contribution in [0.25, 0.3) is 21.7 Å². The molecule has 0 radical (unpaired) electrons. The van der Waals surface area contributed by atoms with Crippen LogP contribution < -0.4 is 0 Å². The minimum Gasteiger partial charge on any atom is -0.441 e. The lowest BCUT2D eigenvalue weighted by molar-refractivity contribution is 0.304. The lowest BCUT2D eigenvalue weighted by atomic mass is 9.77. The summed E-state index contributed by atoms with van der Waals surface area (Å²) in [6, 6.07) is 10.6. The van der Waals surface area contributed by atoms with Crippen molar-refractivity contribution in [3.05, 3.63) is 52.0 Å². The normalized spacial score (nSPS) is 18.3. The van der Waals surface area contributed by atoms with Gasteiger partial charge in [0, 0.05) is 10.8 Å². The SMILES string of the molecule is CCCCCCCCCCc1ccc2c(oc(=S)c3cc(C4CCC(CCCC)CC4)ccc32)c1F. The molecule has 2 aromatic carbocycles. The standard InChI is InChI=1S/C33H45FOS/c1-3-5-7-8-9-10-11-12-14-26-19-22-29-28-21-20-27(23-30(28)33(36)35-32(29)31(26)34)25-17-15-24(16-18-25)13-6-4-2/h19-25H,3-18H2,1-2H3. The first kappa shape index (κ1) is 27.3. The molecule has 1 aliphatic carbocycles. The Morgan fingerprint density at radius 3 is 2.17 bits per heavy atom. The molecule has 3 aromatic rings. The molecule has 0 spiro atoms. The van der Waals surface area contributed by atoms with Crippen molar-refractivity contribution in [1.29, 1.82) is 0 Å². The van der Waals surface area contributed by atoms with Crippen LogP contribution in [0, 0.1) is 16.4 Å². The van der Waals surface area contributed by atoms with Gasteiger partial charge < -0.3 is 4.42 Å². The van der Waals surface area contributed by atoms with Crippen molar-refractivity contribution in [3.8, 4) is 0 Å². The van der Waals surface area contributed by atoms with E-state index in [-0.39, 0.29) is 5.82 Å². The van der Waals surface area contributed by atoms with Crippen molar-refractivity contribution >= 4 is 34.0 Å². The summed E-state index contributed by atoms with van der Waals surface area (Å²) in [6.45, 7) is 4.53. The van der Waals surface area contributed by atoms with Crippen LogP contribution in [0.1, 0.15) is 127 Å². The molecule has 1 fully saturated rings. The first-order valence-corrected chi connectivity index (χ1v) is 15.2. The van der Waals surface area contributed by atoms with Gasteiger partial charge in [-0.25, -0.2) is 4.39 Å². The fourth-order valence-electron chi connectivity index (χ4n) is 6.20. The average Bonchev–Trinajstić information content (AvgIpc) is 2.90. The third-order valence-electron chi connectivity index (χ3n) is 8.51. The Labute approximate surface area is 222 Å². The van der Waals surface area contributed by atoms with E-state index < -0.39 is 0 Å². The second-order valence-corrected chi connectivity index (χ2v) is 11.6. The minimum atomic E-state index is -0.224. The summed E-state index contributed by atoms with van der Waals surface area (Å²) in [4.78, 5) is 0. The highest BCUT2D eigenvalue weighted by atomic mass is 32.1. The first-order valence-electron chi connectivity index (χ1n) is 14.8. The lowest BCUT2D eigenvalue weighted by Gasteiger charge is -2.29. The van der Waals surface area contributed by atoms with E-state index in [0.29, 0.717) is 16.2 Å². The van der Waals surface area contributed by atoms with E-state index >= 15 is 4.39 Å². The number of fused-ring (bicyclic) bond motifs is 3. The van der Waals surface area contributed by atoms with Gasteiger partial charge in [-0.1, -0.05) is 102 Å². The van der Waals surface area contributed by atoms with Crippen molar-refractivity contribution < 1.29 is 8.81 Å². The van der Waals surface area contributed by atoms with Crippen molar-refractivity contribution in [2.75, 3.05) is 0 Å². The Kier molecular flexibility index (Phi) is 10.4. The fourth-order valence-corrected chi connectivity index (χ4v) is 6.45. The Balaban J connectivity index is 1.44. The van der Waals surface area contributed by atoms with Gasteiger partial charge in [0.25, 0.3) is 0 Å². The highest BCUT2D eigenvalue weighted by molar-refractivity contribution is 7.71. The molecule has 1 aliphatic rings. The summed E-state index contributed by atoms with van der Waals surface area (Å²) in [7, 11) is 0. The van der Waals surface area contributed by atoms with E-state index in [0.717, 1.165) is 46.9 Å². The summed E-state index contributed by atoms with van der Waals surface area (Å²) in [5.74, 6) is 1.28. The molecular weight excluding hydrogens is 463 g/mol. The Bertz CT molecular complexity index is 1170. The molecule has 0 aliphatic heterocycles. The van der Waals surface area contributed by atoms with Gasteiger partial charge in [0.05, 0.1) is 0 Å². The second-order valence-electron chi connectivity index (χ2n) is 11.2. The van der Waals surface area contributed by atoms with E-state index in [4.69, 9.17) is 16.6 Å². The van der Waals surface area contributed by atoms with Crippen LogP contribution in [0.15, 0.2) is 34.7 Å². The van der Waals surface area contributed by atoms with Crippen LogP contribution in [0.5, 0.6) is 0 Å². The monoisotopic (exact) mass is 508 g/mol. The third kappa shape index (κ3) is 6.77. The molecular formula is C33H45FOS. The Hall–Kier alpha value is -1.74. The zero-order valence-electron chi connectivity index (χ0n) is 22.5. The van der Waals surface area contributed by atoms with Gasteiger partial charge >= 0.3 is 0 Å². The maximum absolute atomic E-state index is 15.4. The van der Waals surface area contributed by atoms with Crippen LogP contribution >= 0.6 is 12.2 Å². The van der Waals surface area contributed by atoms with E-state index in [2.05, 4.69) is 32.0 Å². The third-order valence-corrected chi connectivity index (χ3v) is 8.81. The molecule has 0 bridgehead atoms. The number of benzene rings is 2. The molecule has 0 amide bonds. The summed E-state index contributed by atoms with van der Waals surface area (Å²) >= 11 is 5.64. The molecule has 36 heavy (non-hydrogen) atoms. The van der Waals surface area contributed by atoms with Crippen molar-refractivity contribution in [1.82, 2.24) is 0 Å². The van der Waals surface area contributed by atoms with E-state index in [1.54, 1.807) is 0 Å². The lowest BCUT2D eigenvalue weighted by Crippen LogP contribution is -2.13. The van der Waals surface area contributed by atoms with Crippen LogP contribution in [0.4, 0.5) is 4.39 Å². The molecule has 0 unspecified atom stereocenters. The van der Waals surface area contributed by atoms with Gasteiger partial charge in [-0.2, -0.15) is 0 Å². The summed E-state index contributed by atoms with van der Waals surface area (Å²) in [5, 5.41) is 2.81. The van der Waals surface area contributed by atoms with Gasteiger partial charge in [-0.3, -0.25) is 0 Å². The number of halogens is 1. The predicted molar refractivity (Wildman–Crippen MR) is 155 cm³/mol. The van der Waals surface area contributed by atoms with Gasteiger partial charge in [0.2, 0.25) is 0 Å². The molecule has 1 saturated carbocycles. The van der Waals surface area contributed by atoms with Crippen LogP contribution in [0.2, 0.25) is 0 Å². The van der Waals surface area contributed by atoms with Gasteiger partial charge in [-0.15, -0.1) is 0 Å². The molecule has 0 saturated heterocycles. The van der Waals surface area contributed by atoms with Crippen LogP contribution in [-0.4, -0.2) is 0 Å². The van der Waals surface area contributed by atoms with Gasteiger partial charge in [0.15, 0.2) is 16.1 Å².